The standard InChI is InChI=1S/C7H8N4.C2H6/c1-5-3-11-7(6(2)10-5)8-4-9-11;1-2/h3-4H,1-2H3;1-2H3. The first-order chi connectivity index (χ1) is 6.27. The molecule has 70 valence electrons. The lowest BCUT2D eigenvalue weighted by molar-refractivity contribution is 0.914. The molecule has 4 nitrogen and oxygen atoms in total. The molecule has 0 aliphatic carbocycles. The highest BCUT2D eigenvalue weighted by atomic mass is 15.3. The van der Waals surface area contributed by atoms with Crippen LogP contribution in [0.25, 0.3) is 5.65 Å². The van der Waals surface area contributed by atoms with Gasteiger partial charge in [0.15, 0.2) is 5.65 Å². The van der Waals surface area contributed by atoms with E-state index in [9.17, 15) is 0 Å². The van der Waals surface area contributed by atoms with Crippen molar-refractivity contribution in [1.82, 2.24) is 19.6 Å². The van der Waals surface area contributed by atoms with Crippen LogP contribution in [0.1, 0.15) is 25.2 Å². The van der Waals surface area contributed by atoms with E-state index in [4.69, 9.17) is 0 Å². The molecule has 0 radical (unpaired) electrons. The molecule has 0 unspecified atom stereocenters. The summed E-state index contributed by atoms with van der Waals surface area (Å²) in [6.45, 7) is 7.87. The number of hydrogen-bond donors (Lipinski definition) is 0. The molecule has 0 atom stereocenters. The molecule has 4 heteroatoms. The van der Waals surface area contributed by atoms with Crippen LogP contribution in [0.15, 0.2) is 12.5 Å². The molecule has 0 saturated heterocycles. The topological polar surface area (TPSA) is 43.1 Å². The predicted octanol–water partition coefficient (Wildman–Crippen LogP) is 1.77. The SMILES string of the molecule is CC.Cc1cn2ncnc2c(C)n1. The Morgan fingerprint density at radius 2 is 1.92 bits per heavy atom. The van der Waals surface area contributed by atoms with E-state index in [0.29, 0.717) is 0 Å². The van der Waals surface area contributed by atoms with Crippen molar-refractivity contribution in [3.8, 4) is 0 Å². The van der Waals surface area contributed by atoms with Gasteiger partial charge >= 0.3 is 0 Å². The molecule has 0 fully saturated rings. The van der Waals surface area contributed by atoms with Crippen molar-refractivity contribution in [3.63, 3.8) is 0 Å². The molecule has 2 heterocycles. The van der Waals surface area contributed by atoms with Crippen molar-refractivity contribution in [1.29, 1.82) is 0 Å². The summed E-state index contributed by atoms with van der Waals surface area (Å²) < 4.78 is 1.73. The number of nitrogens with zero attached hydrogens (tertiary/aromatic N) is 4. The number of aryl methyl sites for hydroxylation is 2. The molecule has 0 bridgehead atoms. The molecule has 13 heavy (non-hydrogen) atoms. The van der Waals surface area contributed by atoms with Gasteiger partial charge in [-0.25, -0.2) is 9.50 Å². The van der Waals surface area contributed by atoms with Crippen LogP contribution in [0.5, 0.6) is 0 Å². The minimum absolute atomic E-state index is 0.829. The third kappa shape index (κ3) is 1.83. The summed E-state index contributed by atoms with van der Waals surface area (Å²) >= 11 is 0. The zero-order chi connectivity index (χ0) is 9.84. The van der Waals surface area contributed by atoms with Gasteiger partial charge in [-0.3, -0.25) is 4.98 Å². The van der Waals surface area contributed by atoms with E-state index in [0.717, 1.165) is 17.0 Å². The molecule has 0 aliphatic heterocycles. The van der Waals surface area contributed by atoms with Gasteiger partial charge in [0, 0.05) is 0 Å². The van der Waals surface area contributed by atoms with Crippen LogP contribution in [0, 0.1) is 13.8 Å². The highest BCUT2D eigenvalue weighted by molar-refractivity contribution is 5.41. The van der Waals surface area contributed by atoms with E-state index in [1.165, 1.54) is 6.33 Å². The highest BCUT2D eigenvalue weighted by Gasteiger charge is 1.99. The first-order valence-corrected chi connectivity index (χ1v) is 4.41. The van der Waals surface area contributed by atoms with Crippen molar-refractivity contribution in [2.75, 3.05) is 0 Å². The second-order valence-electron chi connectivity index (χ2n) is 2.50. The van der Waals surface area contributed by atoms with Gasteiger partial charge in [-0.05, 0) is 13.8 Å². The summed E-state index contributed by atoms with van der Waals surface area (Å²) in [5.41, 5.74) is 2.71. The molecule has 2 rings (SSSR count). The maximum Gasteiger partial charge on any atom is 0.176 e. The number of fused-ring (bicyclic) bond motifs is 1. The van der Waals surface area contributed by atoms with Crippen molar-refractivity contribution < 1.29 is 0 Å². The molecule has 0 aliphatic rings. The Kier molecular flexibility index (Phi) is 2.95. The molecule has 0 aromatic carbocycles. The van der Waals surface area contributed by atoms with Gasteiger partial charge in [-0.15, -0.1) is 0 Å². The van der Waals surface area contributed by atoms with Gasteiger partial charge in [-0.1, -0.05) is 13.8 Å². The molecular weight excluding hydrogens is 164 g/mol. The first kappa shape index (κ1) is 9.64. The van der Waals surface area contributed by atoms with Gasteiger partial charge in [-0.2, -0.15) is 5.10 Å². The quantitative estimate of drug-likeness (QED) is 0.617. The smallest absolute Gasteiger partial charge is 0.176 e. The van der Waals surface area contributed by atoms with E-state index in [1.54, 1.807) is 4.52 Å². The van der Waals surface area contributed by atoms with E-state index in [2.05, 4.69) is 15.1 Å². The van der Waals surface area contributed by atoms with Gasteiger partial charge in [0.1, 0.15) is 6.33 Å². The maximum atomic E-state index is 4.25. The fourth-order valence-corrected chi connectivity index (χ4v) is 1.12. The molecule has 0 N–H and O–H groups in total. The average molecular weight is 178 g/mol. The van der Waals surface area contributed by atoms with Gasteiger partial charge in [0.05, 0.1) is 17.6 Å². The van der Waals surface area contributed by atoms with Crippen molar-refractivity contribution in [3.05, 3.63) is 23.9 Å². The summed E-state index contributed by atoms with van der Waals surface area (Å²) in [7, 11) is 0. The van der Waals surface area contributed by atoms with Crippen molar-refractivity contribution >= 4 is 5.65 Å². The predicted molar refractivity (Wildman–Crippen MR) is 51.6 cm³/mol. The lowest BCUT2D eigenvalue weighted by Crippen LogP contribution is -1.95. The van der Waals surface area contributed by atoms with Crippen LogP contribution < -0.4 is 0 Å². The van der Waals surface area contributed by atoms with Crippen molar-refractivity contribution in [2.24, 2.45) is 0 Å². The normalized spacial score (nSPS) is 9.54. The minimum Gasteiger partial charge on any atom is -0.253 e. The van der Waals surface area contributed by atoms with E-state index in [1.807, 2.05) is 33.9 Å². The van der Waals surface area contributed by atoms with E-state index < -0.39 is 0 Å². The lowest BCUT2D eigenvalue weighted by atomic mass is 10.4. The van der Waals surface area contributed by atoms with E-state index in [-0.39, 0.29) is 0 Å². The number of aromatic nitrogens is 4. The van der Waals surface area contributed by atoms with Crippen LogP contribution in [-0.4, -0.2) is 19.6 Å². The van der Waals surface area contributed by atoms with Crippen LogP contribution in [0.4, 0.5) is 0 Å². The summed E-state index contributed by atoms with van der Waals surface area (Å²) in [6.07, 6.45) is 3.39. The maximum absolute atomic E-state index is 4.25. The molecule has 2 aromatic heterocycles. The van der Waals surface area contributed by atoms with Gasteiger partial charge in [0.25, 0.3) is 0 Å². The Balaban J connectivity index is 0.000000396. The van der Waals surface area contributed by atoms with Gasteiger partial charge in [0.2, 0.25) is 0 Å². The fraction of sp³-hybridized carbons (Fsp3) is 0.444. The molecule has 0 spiro atoms. The Morgan fingerprint density at radius 1 is 1.23 bits per heavy atom. The minimum atomic E-state index is 0.829. The second-order valence-corrected chi connectivity index (χ2v) is 2.50. The second kappa shape index (κ2) is 3.98. The molecule has 0 amide bonds. The van der Waals surface area contributed by atoms with Crippen LogP contribution in [0.3, 0.4) is 0 Å². The highest BCUT2D eigenvalue weighted by Crippen LogP contribution is 2.03. The van der Waals surface area contributed by atoms with Crippen LogP contribution in [0.2, 0.25) is 0 Å². The summed E-state index contributed by atoms with van der Waals surface area (Å²) in [4.78, 5) is 8.30. The fourth-order valence-electron chi connectivity index (χ4n) is 1.12. The largest absolute Gasteiger partial charge is 0.253 e. The lowest BCUT2D eigenvalue weighted by Gasteiger charge is -1.96. The van der Waals surface area contributed by atoms with Crippen molar-refractivity contribution in [2.45, 2.75) is 27.7 Å². The average Bonchev–Trinajstić information content (AvgIpc) is 2.55. The molecule has 0 saturated carbocycles. The zero-order valence-electron chi connectivity index (χ0n) is 8.44. The van der Waals surface area contributed by atoms with Crippen LogP contribution in [-0.2, 0) is 0 Å². The third-order valence-electron chi connectivity index (χ3n) is 1.55. The summed E-state index contributed by atoms with van der Waals surface area (Å²) in [5.74, 6) is 0. The Morgan fingerprint density at radius 3 is 2.62 bits per heavy atom. The van der Waals surface area contributed by atoms with Gasteiger partial charge < -0.3 is 0 Å². The Hall–Kier alpha value is -1.45. The molecule has 2 aromatic rings. The Labute approximate surface area is 77.6 Å². The first-order valence-electron chi connectivity index (χ1n) is 4.41. The monoisotopic (exact) mass is 178 g/mol. The Bertz CT molecular complexity index is 391. The van der Waals surface area contributed by atoms with E-state index >= 15 is 0 Å². The number of hydrogen-bond acceptors (Lipinski definition) is 3. The number of rotatable bonds is 0. The summed E-state index contributed by atoms with van der Waals surface area (Å²) in [6, 6.07) is 0. The zero-order valence-corrected chi connectivity index (χ0v) is 8.44. The third-order valence-corrected chi connectivity index (χ3v) is 1.55. The van der Waals surface area contributed by atoms with Crippen LogP contribution >= 0.6 is 0 Å². The molecular formula is C9H14N4. The summed E-state index contributed by atoms with van der Waals surface area (Å²) in [5, 5.41) is 4.01.